The highest BCUT2D eigenvalue weighted by molar-refractivity contribution is 5.65. The van der Waals surface area contributed by atoms with Crippen LogP contribution in [0.1, 0.15) is 93.7 Å². The standard InChI is InChI=1S/C35H40F4O/c1-3-4-5-6-7-8-23-40-31-22-19-28(32(36)35(31)39)18-13-25-11-16-27(17-12-25)30-21-20-29(33(37)34(30)38)26-14-9-24(2)10-15-26/h9-10,13-15,18-22,25,27H,3-8,11-12,16-17,23H2,1-2H3/b18-13+. The van der Waals surface area contributed by atoms with E-state index in [-0.39, 0.29) is 28.7 Å². The monoisotopic (exact) mass is 552 g/mol. The van der Waals surface area contributed by atoms with E-state index in [1.807, 2.05) is 25.1 Å². The van der Waals surface area contributed by atoms with E-state index in [0.29, 0.717) is 30.6 Å². The lowest BCUT2D eigenvalue weighted by Crippen LogP contribution is -2.13. The molecule has 0 spiro atoms. The zero-order valence-corrected chi connectivity index (χ0v) is 23.6. The number of unbranched alkanes of at least 4 members (excludes halogenated alkanes) is 5. The first-order chi connectivity index (χ1) is 19.4. The fraction of sp³-hybridized carbons (Fsp3) is 0.429. The van der Waals surface area contributed by atoms with Crippen molar-refractivity contribution in [2.24, 2.45) is 5.92 Å². The molecule has 0 saturated heterocycles. The molecule has 0 unspecified atom stereocenters. The molecule has 0 heterocycles. The Hall–Kier alpha value is -3.08. The summed E-state index contributed by atoms with van der Waals surface area (Å²) in [5.74, 6) is -3.38. The van der Waals surface area contributed by atoms with Crippen LogP contribution >= 0.6 is 0 Å². The molecule has 214 valence electrons. The fourth-order valence-corrected chi connectivity index (χ4v) is 5.55. The van der Waals surface area contributed by atoms with E-state index in [0.717, 1.165) is 37.7 Å². The quantitative estimate of drug-likeness (QED) is 0.160. The molecule has 1 saturated carbocycles. The molecule has 0 N–H and O–H groups in total. The minimum atomic E-state index is -0.955. The summed E-state index contributed by atoms with van der Waals surface area (Å²) in [5.41, 5.74) is 2.59. The van der Waals surface area contributed by atoms with Gasteiger partial charge >= 0.3 is 0 Å². The molecule has 1 nitrogen and oxygen atoms in total. The first-order valence-corrected chi connectivity index (χ1v) is 14.7. The van der Waals surface area contributed by atoms with Gasteiger partial charge in [0.1, 0.15) is 0 Å². The number of allylic oxidation sites excluding steroid dienone is 1. The van der Waals surface area contributed by atoms with Gasteiger partial charge in [-0.15, -0.1) is 0 Å². The van der Waals surface area contributed by atoms with Gasteiger partial charge in [-0.1, -0.05) is 93.1 Å². The zero-order chi connectivity index (χ0) is 28.5. The molecule has 5 heteroatoms. The van der Waals surface area contributed by atoms with Crippen LogP contribution in [0.25, 0.3) is 17.2 Å². The highest BCUT2D eigenvalue weighted by Crippen LogP contribution is 2.39. The average molecular weight is 553 g/mol. The number of ether oxygens (including phenoxy) is 1. The van der Waals surface area contributed by atoms with Crippen molar-refractivity contribution in [2.75, 3.05) is 6.61 Å². The van der Waals surface area contributed by atoms with Crippen molar-refractivity contribution in [1.29, 1.82) is 0 Å². The van der Waals surface area contributed by atoms with Crippen LogP contribution in [0.15, 0.2) is 54.6 Å². The molecule has 0 aromatic heterocycles. The Morgan fingerprint density at radius 3 is 2.15 bits per heavy atom. The Bertz CT molecular complexity index is 1270. The molecule has 3 aromatic carbocycles. The normalized spacial score (nSPS) is 17.4. The van der Waals surface area contributed by atoms with Crippen molar-refractivity contribution in [1.82, 2.24) is 0 Å². The second-order valence-corrected chi connectivity index (χ2v) is 11.1. The van der Waals surface area contributed by atoms with Crippen LogP contribution in [0.5, 0.6) is 5.75 Å². The Balaban J connectivity index is 1.30. The van der Waals surface area contributed by atoms with E-state index in [1.165, 1.54) is 25.3 Å². The first kappa shape index (κ1) is 29.9. The topological polar surface area (TPSA) is 9.23 Å². The summed E-state index contributed by atoms with van der Waals surface area (Å²) in [6, 6.07) is 13.8. The fourth-order valence-electron chi connectivity index (χ4n) is 5.55. The van der Waals surface area contributed by atoms with E-state index in [9.17, 15) is 13.2 Å². The summed E-state index contributed by atoms with van der Waals surface area (Å²) in [7, 11) is 0. The molecule has 0 aliphatic heterocycles. The lowest BCUT2D eigenvalue weighted by atomic mass is 9.78. The number of hydrogen-bond acceptors (Lipinski definition) is 1. The van der Waals surface area contributed by atoms with Gasteiger partial charge in [-0.2, -0.15) is 4.39 Å². The maximum absolute atomic E-state index is 15.1. The van der Waals surface area contributed by atoms with Gasteiger partial charge in [0.2, 0.25) is 5.82 Å². The van der Waals surface area contributed by atoms with Crippen LogP contribution < -0.4 is 4.74 Å². The molecule has 40 heavy (non-hydrogen) atoms. The van der Waals surface area contributed by atoms with Gasteiger partial charge in [-0.05, 0) is 74.1 Å². The average Bonchev–Trinajstić information content (AvgIpc) is 2.96. The smallest absolute Gasteiger partial charge is 0.201 e. The highest BCUT2D eigenvalue weighted by atomic mass is 19.2. The molecule has 0 bridgehead atoms. The Kier molecular flexibility index (Phi) is 10.9. The van der Waals surface area contributed by atoms with Crippen LogP contribution in [-0.2, 0) is 0 Å². The molecule has 0 radical (unpaired) electrons. The highest BCUT2D eigenvalue weighted by Gasteiger charge is 2.26. The second kappa shape index (κ2) is 14.5. The van der Waals surface area contributed by atoms with Crippen LogP contribution in [0.2, 0.25) is 0 Å². The maximum Gasteiger partial charge on any atom is 0.201 e. The minimum absolute atomic E-state index is 0.0497. The Morgan fingerprint density at radius 2 is 1.43 bits per heavy atom. The lowest BCUT2D eigenvalue weighted by molar-refractivity contribution is 0.284. The lowest BCUT2D eigenvalue weighted by Gasteiger charge is -2.27. The summed E-state index contributed by atoms with van der Waals surface area (Å²) in [4.78, 5) is 0. The van der Waals surface area contributed by atoms with Crippen LogP contribution in [0.3, 0.4) is 0 Å². The van der Waals surface area contributed by atoms with Crippen molar-refractivity contribution < 1.29 is 22.3 Å². The van der Waals surface area contributed by atoms with Gasteiger partial charge in [-0.3, -0.25) is 0 Å². The van der Waals surface area contributed by atoms with E-state index in [2.05, 4.69) is 6.92 Å². The molecular weight excluding hydrogens is 512 g/mol. The van der Waals surface area contributed by atoms with Crippen LogP contribution in [0, 0.1) is 36.1 Å². The van der Waals surface area contributed by atoms with Crippen molar-refractivity contribution in [2.45, 2.75) is 84.0 Å². The zero-order valence-electron chi connectivity index (χ0n) is 23.6. The van der Waals surface area contributed by atoms with Gasteiger partial charge in [0, 0.05) is 11.1 Å². The first-order valence-electron chi connectivity index (χ1n) is 14.7. The Labute approximate surface area is 236 Å². The third-order valence-electron chi connectivity index (χ3n) is 8.07. The minimum Gasteiger partial charge on any atom is -0.490 e. The van der Waals surface area contributed by atoms with E-state index < -0.39 is 23.3 Å². The third-order valence-corrected chi connectivity index (χ3v) is 8.07. The molecule has 4 rings (SSSR count). The predicted octanol–water partition coefficient (Wildman–Crippen LogP) is 10.9. The van der Waals surface area contributed by atoms with Gasteiger partial charge in [0.25, 0.3) is 0 Å². The van der Waals surface area contributed by atoms with Crippen molar-refractivity contribution in [3.8, 4) is 16.9 Å². The summed E-state index contributed by atoms with van der Waals surface area (Å²) >= 11 is 0. The van der Waals surface area contributed by atoms with Crippen molar-refractivity contribution >= 4 is 6.08 Å². The summed E-state index contributed by atoms with van der Waals surface area (Å²) < 4.78 is 64.8. The molecule has 0 amide bonds. The number of hydrogen-bond donors (Lipinski definition) is 0. The molecule has 0 atom stereocenters. The predicted molar refractivity (Wildman–Crippen MR) is 155 cm³/mol. The molecule has 1 aliphatic carbocycles. The van der Waals surface area contributed by atoms with Crippen LogP contribution in [-0.4, -0.2) is 6.61 Å². The van der Waals surface area contributed by atoms with Crippen LogP contribution in [0.4, 0.5) is 17.6 Å². The third kappa shape index (κ3) is 7.56. The largest absolute Gasteiger partial charge is 0.490 e. The van der Waals surface area contributed by atoms with E-state index in [4.69, 9.17) is 4.74 Å². The number of benzene rings is 3. The van der Waals surface area contributed by atoms with Gasteiger partial charge < -0.3 is 4.74 Å². The molecule has 3 aromatic rings. The summed E-state index contributed by atoms with van der Waals surface area (Å²) in [6.45, 7) is 4.50. The van der Waals surface area contributed by atoms with Gasteiger partial charge in [0.05, 0.1) is 6.61 Å². The number of aryl methyl sites for hydroxylation is 1. The summed E-state index contributed by atoms with van der Waals surface area (Å²) in [5, 5.41) is 0. The number of halogens is 4. The summed E-state index contributed by atoms with van der Waals surface area (Å²) in [6.07, 6.45) is 13.1. The second-order valence-electron chi connectivity index (χ2n) is 11.1. The van der Waals surface area contributed by atoms with Crippen molar-refractivity contribution in [3.05, 3.63) is 94.6 Å². The van der Waals surface area contributed by atoms with Gasteiger partial charge in [-0.25, -0.2) is 13.2 Å². The van der Waals surface area contributed by atoms with E-state index >= 15 is 4.39 Å². The molecule has 1 fully saturated rings. The SMILES string of the molecule is CCCCCCCCOc1ccc(/C=C/C2CCC(c3ccc(-c4ccc(C)cc4)c(F)c3F)CC2)c(F)c1F. The molecule has 1 aliphatic rings. The van der Waals surface area contributed by atoms with Gasteiger partial charge in [0.15, 0.2) is 23.2 Å². The Morgan fingerprint density at radius 1 is 0.725 bits per heavy atom. The number of rotatable bonds is 12. The van der Waals surface area contributed by atoms with E-state index in [1.54, 1.807) is 36.4 Å². The molecular formula is C35H40F4O. The van der Waals surface area contributed by atoms with Crippen molar-refractivity contribution in [3.63, 3.8) is 0 Å². The maximum atomic E-state index is 15.1.